The number of sulfonamides is 1. The van der Waals surface area contributed by atoms with E-state index in [1.807, 2.05) is 24.3 Å². The number of aromatic nitrogens is 2. The van der Waals surface area contributed by atoms with Gasteiger partial charge in [0.15, 0.2) is 0 Å². The number of nitroso groups, excluding NO2 is 1. The van der Waals surface area contributed by atoms with E-state index < -0.39 is 15.9 Å². The van der Waals surface area contributed by atoms with Crippen molar-refractivity contribution < 1.29 is 22.7 Å². The van der Waals surface area contributed by atoms with Crippen LogP contribution in [0.3, 0.4) is 0 Å². The van der Waals surface area contributed by atoms with E-state index in [1.54, 1.807) is 30.6 Å². The molecule has 2 saturated heterocycles. The van der Waals surface area contributed by atoms with Gasteiger partial charge in [-0.05, 0) is 116 Å². The predicted octanol–water partition coefficient (Wildman–Crippen LogP) is 8.63. The molecule has 0 spiro atoms. The minimum absolute atomic E-state index is 0.0163. The summed E-state index contributed by atoms with van der Waals surface area (Å²) in [4.78, 5) is 37.7. The summed E-state index contributed by atoms with van der Waals surface area (Å²) in [5, 5.41) is 7.86. The summed E-state index contributed by atoms with van der Waals surface area (Å²) < 4.78 is 41.2. The molecule has 0 unspecified atom stereocenters. The van der Waals surface area contributed by atoms with Gasteiger partial charge in [0, 0.05) is 80.8 Å². The number of carbonyl (C=O) groups excluding carboxylic acids is 1. The first kappa shape index (κ1) is 40.5. The number of hydrogen-bond donors (Lipinski definition) is 3. The molecule has 2 fully saturated rings. The number of nitrogens with one attached hydrogen (secondary N) is 3. The van der Waals surface area contributed by atoms with Gasteiger partial charge in [0.25, 0.3) is 15.9 Å². The molecule has 2 aliphatic heterocycles. The average Bonchev–Trinajstić information content (AvgIpc) is 3.72. The van der Waals surface area contributed by atoms with Gasteiger partial charge in [0.2, 0.25) is 0 Å². The molecule has 3 aliphatic rings. The summed E-state index contributed by atoms with van der Waals surface area (Å²) in [5.41, 5.74) is 4.65. The Labute approximate surface area is 349 Å². The molecule has 0 radical (unpaired) electrons. The van der Waals surface area contributed by atoms with E-state index in [9.17, 15) is 18.1 Å². The Bertz CT molecular complexity index is 2440. The maximum atomic E-state index is 13.9. The molecule has 13 nitrogen and oxygen atoms in total. The number of aromatic amines is 1. The number of nitrogens with zero attached hydrogens (tertiary/aromatic N) is 4. The standard InChI is InChI=1S/C44H48ClN7O6S/c1-29-2-9-38(31-3-5-34(45)6-4-31)33(22-29)28-51-16-18-52(19-17-51)35-7-10-39(42(24-35)58-36-23-32-12-15-46-43(32)48-27-36)44(53)50-59(55,56)37-8-11-40(41(25-37)49-54)47-26-30-13-20-57-21-14-30/h2-8,10-12,15,23-25,27,30,33,38,47H,9,13-14,16-22,26,28H2,1H3,(H,46,48)(H,50,53)/t33-,38-/m0/s1. The predicted molar refractivity (Wildman–Crippen MR) is 231 cm³/mol. The minimum atomic E-state index is -4.42. The van der Waals surface area contributed by atoms with Gasteiger partial charge in [0.1, 0.15) is 22.8 Å². The first-order valence-corrected chi connectivity index (χ1v) is 22.0. The van der Waals surface area contributed by atoms with Crippen LogP contribution in [0.5, 0.6) is 11.5 Å². The van der Waals surface area contributed by atoms with Crippen LogP contribution in [0.2, 0.25) is 5.02 Å². The second-order valence-electron chi connectivity index (χ2n) is 15.7. The molecule has 8 rings (SSSR count). The van der Waals surface area contributed by atoms with Gasteiger partial charge in [-0.1, -0.05) is 35.4 Å². The van der Waals surface area contributed by atoms with Crippen molar-refractivity contribution in [2.24, 2.45) is 17.0 Å². The Hall–Kier alpha value is -5.28. The lowest BCUT2D eigenvalue weighted by atomic mass is 9.76. The Kier molecular flexibility index (Phi) is 12.3. The monoisotopic (exact) mass is 837 g/mol. The van der Waals surface area contributed by atoms with Crippen LogP contribution in [0.15, 0.2) is 107 Å². The summed E-state index contributed by atoms with van der Waals surface area (Å²) in [6, 6.07) is 21.1. The highest BCUT2D eigenvalue weighted by Crippen LogP contribution is 2.39. The van der Waals surface area contributed by atoms with Gasteiger partial charge in [0.05, 0.1) is 22.3 Å². The van der Waals surface area contributed by atoms with E-state index in [0.717, 1.165) is 80.6 Å². The molecule has 5 aromatic rings. The van der Waals surface area contributed by atoms with Crippen molar-refractivity contribution in [1.29, 1.82) is 0 Å². The van der Waals surface area contributed by atoms with Crippen molar-refractivity contribution in [2.45, 2.75) is 43.4 Å². The quantitative estimate of drug-likeness (QED) is 0.0775. The summed E-state index contributed by atoms with van der Waals surface area (Å²) in [5.74, 6) is 0.957. The maximum absolute atomic E-state index is 13.9. The van der Waals surface area contributed by atoms with E-state index in [0.29, 0.717) is 54.6 Å². The summed E-state index contributed by atoms with van der Waals surface area (Å²) in [7, 11) is -4.42. The van der Waals surface area contributed by atoms with Crippen molar-refractivity contribution in [3.63, 3.8) is 0 Å². The highest BCUT2D eigenvalue weighted by Gasteiger charge is 2.30. The van der Waals surface area contributed by atoms with Crippen molar-refractivity contribution in [1.82, 2.24) is 19.6 Å². The smallest absolute Gasteiger partial charge is 0.268 e. The fourth-order valence-corrected chi connectivity index (χ4v) is 9.53. The number of hydrogen-bond acceptors (Lipinski definition) is 11. The first-order valence-electron chi connectivity index (χ1n) is 20.1. The Morgan fingerprint density at radius 3 is 2.59 bits per heavy atom. The first-order chi connectivity index (χ1) is 28.6. The number of anilines is 2. The molecule has 1 aliphatic carbocycles. The molecule has 3 aromatic carbocycles. The van der Waals surface area contributed by atoms with Gasteiger partial charge < -0.3 is 24.7 Å². The number of H-pyrrole nitrogens is 1. The molecule has 4 heterocycles. The molecule has 59 heavy (non-hydrogen) atoms. The zero-order valence-electron chi connectivity index (χ0n) is 32.9. The molecule has 0 saturated carbocycles. The second-order valence-corrected chi connectivity index (χ2v) is 17.8. The number of piperazine rings is 1. The molecule has 1 amide bonds. The van der Waals surface area contributed by atoms with Crippen LogP contribution in [-0.2, 0) is 14.8 Å². The van der Waals surface area contributed by atoms with Crippen LogP contribution in [0.4, 0.5) is 17.1 Å². The highest BCUT2D eigenvalue weighted by molar-refractivity contribution is 7.90. The van der Waals surface area contributed by atoms with Crippen LogP contribution in [-0.4, -0.2) is 81.7 Å². The molecular weight excluding hydrogens is 790 g/mol. The maximum Gasteiger partial charge on any atom is 0.268 e. The number of benzene rings is 3. The van der Waals surface area contributed by atoms with Gasteiger partial charge in [-0.3, -0.25) is 9.69 Å². The second kappa shape index (κ2) is 17.9. The van der Waals surface area contributed by atoms with Gasteiger partial charge in [-0.25, -0.2) is 18.1 Å². The van der Waals surface area contributed by atoms with Crippen molar-refractivity contribution in [2.75, 3.05) is 62.7 Å². The summed E-state index contributed by atoms with van der Waals surface area (Å²) in [6.45, 7) is 8.41. The summed E-state index contributed by atoms with van der Waals surface area (Å²) in [6.07, 6.45) is 9.55. The van der Waals surface area contributed by atoms with Crippen LogP contribution in [0.25, 0.3) is 11.0 Å². The zero-order chi connectivity index (χ0) is 40.9. The number of pyridine rings is 1. The van der Waals surface area contributed by atoms with E-state index in [2.05, 4.69) is 60.1 Å². The number of fused-ring (bicyclic) bond motifs is 1. The minimum Gasteiger partial charge on any atom is -0.455 e. The fraction of sp³-hybridized carbons (Fsp3) is 0.364. The van der Waals surface area contributed by atoms with Crippen LogP contribution >= 0.6 is 11.6 Å². The molecule has 2 atom stereocenters. The van der Waals surface area contributed by atoms with Gasteiger partial charge >= 0.3 is 0 Å². The Morgan fingerprint density at radius 2 is 1.81 bits per heavy atom. The topological polar surface area (TPSA) is 158 Å². The summed E-state index contributed by atoms with van der Waals surface area (Å²) >= 11 is 6.21. The number of rotatable bonds is 13. The average molecular weight is 838 g/mol. The molecule has 308 valence electrons. The lowest BCUT2D eigenvalue weighted by Gasteiger charge is -2.40. The SMILES string of the molecule is CC1=CC[C@@H](c2ccc(Cl)cc2)[C@H](CN2CCN(c3ccc(C(=O)NS(=O)(=O)c4ccc(NCC5CCOCC5)c(N=O)c4)c(Oc4cnc5[nH]ccc5c4)c3)CC2)C1. The third-order valence-corrected chi connectivity index (χ3v) is 13.3. The van der Waals surface area contributed by atoms with Crippen molar-refractivity contribution >= 4 is 55.6 Å². The van der Waals surface area contributed by atoms with Crippen molar-refractivity contribution in [3.05, 3.63) is 118 Å². The number of amides is 1. The van der Waals surface area contributed by atoms with Gasteiger partial charge in [-0.15, -0.1) is 4.91 Å². The molecular formula is C44H48ClN7O6S. The van der Waals surface area contributed by atoms with E-state index >= 15 is 0 Å². The molecule has 0 bridgehead atoms. The molecule has 2 aromatic heterocycles. The molecule has 15 heteroatoms. The Morgan fingerprint density at radius 1 is 1.02 bits per heavy atom. The largest absolute Gasteiger partial charge is 0.455 e. The number of carbonyl (C=O) groups is 1. The number of allylic oxidation sites excluding steroid dienone is 2. The number of ether oxygens (including phenoxy) is 2. The van der Waals surface area contributed by atoms with Crippen molar-refractivity contribution in [3.8, 4) is 11.5 Å². The van der Waals surface area contributed by atoms with E-state index in [1.165, 1.54) is 23.3 Å². The lowest BCUT2D eigenvalue weighted by Crippen LogP contribution is -2.48. The lowest BCUT2D eigenvalue weighted by molar-refractivity contribution is 0.0699. The van der Waals surface area contributed by atoms with Crippen LogP contribution < -0.4 is 19.7 Å². The third-order valence-electron chi connectivity index (χ3n) is 11.7. The molecule has 3 N–H and O–H groups in total. The van der Waals surface area contributed by atoms with Gasteiger partial charge in [-0.2, -0.15) is 0 Å². The van der Waals surface area contributed by atoms with Crippen LogP contribution in [0.1, 0.15) is 54.4 Å². The number of halogens is 1. The van der Waals surface area contributed by atoms with E-state index in [4.69, 9.17) is 21.1 Å². The van der Waals surface area contributed by atoms with E-state index in [-0.39, 0.29) is 21.9 Å². The highest BCUT2D eigenvalue weighted by atomic mass is 35.5. The van der Waals surface area contributed by atoms with Crippen LogP contribution in [0, 0.1) is 16.7 Å². The zero-order valence-corrected chi connectivity index (χ0v) is 34.5. The Balaban J connectivity index is 0.981. The fourth-order valence-electron chi connectivity index (χ4n) is 8.42. The third kappa shape index (κ3) is 9.62. The normalized spacial score (nSPS) is 19.3.